The van der Waals surface area contributed by atoms with Crippen molar-refractivity contribution < 1.29 is 0 Å². The lowest BCUT2D eigenvalue weighted by Gasteiger charge is -2.13. The zero-order valence-electron chi connectivity index (χ0n) is 9.59. The van der Waals surface area contributed by atoms with E-state index in [1.165, 1.54) is 23.6 Å². The Hall–Kier alpha value is 0.320. The summed E-state index contributed by atoms with van der Waals surface area (Å²) in [5.41, 5.74) is 1.32. The normalized spacial score (nSPS) is 12.9. The molecular weight excluding hydrogens is 382 g/mol. The van der Waals surface area contributed by atoms with Crippen LogP contribution in [0.25, 0.3) is 0 Å². The standard InChI is InChI=1S/C12H13Br2NS2/c1-7-3-11(17-12(7)14)10(15-2)5-9-4-8(13)6-16-9/h3-4,6,10,15H,5H2,1-2H3. The highest BCUT2D eigenvalue weighted by atomic mass is 79.9. The van der Waals surface area contributed by atoms with Crippen molar-refractivity contribution in [2.24, 2.45) is 0 Å². The SMILES string of the molecule is CNC(Cc1cc(Br)cs1)c1cc(C)c(Br)s1. The van der Waals surface area contributed by atoms with Gasteiger partial charge in [-0.05, 0) is 63.5 Å². The molecule has 0 radical (unpaired) electrons. The van der Waals surface area contributed by atoms with Crippen LogP contribution in [0.4, 0.5) is 0 Å². The van der Waals surface area contributed by atoms with Gasteiger partial charge < -0.3 is 5.32 Å². The van der Waals surface area contributed by atoms with Crippen molar-refractivity contribution >= 4 is 54.5 Å². The van der Waals surface area contributed by atoms with E-state index in [9.17, 15) is 0 Å². The van der Waals surface area contributed by atoms with Gasteiger partial charge in [0.05, 0.1) is 3.79 Å². The van der Waals surface area contributed by atoms with Crippen molar-refractivity contribution in [2.45, 2.75) is 19.4 Å². The lowest BCUT2D eigenvalue weighted by atomic mass is 10.1. The lowest BCUT2D eigenvalue weighted by Crippen LogP contribution is -2.17. The quantitative estimate of drug-likeness (QED) is 0.756. The van der Waals surface area contributed by atoms with E-state index in [1.807, 2.05) is 18.4 Å². The first-order chi connectivity index (χ1) is 8.10. The minimum atomic E-state index is 0.399. The van der Waals surface area contributed by atoms with Gasteiger partial charge >= 0.3 is 0 Å². The molecule has 0 spiro atoms. The molecule has 2 heterocycles. The monoisotopic (exact) mass is 393 g/mol. The number of thiophene rings is 2. The molecule has 1 N–H and O–H groups in total. The van der Waals surface area contributed by atoms with Crippen LogP contribution < -0.4 is 5.32 Å². The molecule has 2 aromatic rings. The van der Waals surface area contributed by atoms with Gasteiger partial charge in [-0.3, -0.25) is 0 Å². The molecule has 0 amide bonds. The Bertz CT molecular complexity index is 485. The second-order valence-corrected chi connectivity index (χ2v) is 8.20. The molecule has 0 fully saturated rings. The van der Waals surface area contributed by atoms with E-state index < -0.39 is 0 Å². The second-order valence-electron chi connectivity index (χ2n) is 3.88. The largest absolute Gasteiger partial charge is 0.312 e. The molecule has 0 bridgehead atoms. The number of aryl methyl sites for hydroxylation is 1. The molecule has 0 aliphatic heterocycles. The molecule has 17 heavy (non-hydrogen) atoms. The molecule has 92 valence electrons. The van der Waals surface area contributed by atoms with Crippen LogP contribution in [0.15, 0.2) is 25.8 Å². The molecule has 1 nitrogen and oxygen atoms in total. The fraction of sp³-hybridized carbons (Fsp3) is 0.333. The lowest BCUT2D eigenvalue weighted by molar-refractivity contribution is 0.606. The van der Waals surface area contributed by atoms with Gasteiger partial charge in [-0.2, -0.15) is 0 Å². The summed E-state index contributed by atoms with van der Waals surface area (Å²) < 4.78 is 2.41. The van der Waals surface area contributed by atoms with Gasteiger partial charge in [-0.15, -0.1) is 22.7 Å². The van der Waals surface area contributed by atoms with Crippen molar-refractivity contribution in [3.05, 3.63) is 41.1 Å². The predicted molar refractivity (Wildman–Crippen MR) is 84.3 cm³/mol. The Morgan fingerprint density at radius 2 is 2.12 bits per heavy atom. The molecule has 1 unspecified atom stereocenters. The van der Waals surface area contributed by atoms with Gasteiger partial charge in [0.15, 0.2) is 0 Å². The Morgan fingerprint density at radius 1 is 1.35 bits per heavy atom. The van der Waals surface area contributed by atoms with Crippen LogP contribution in [0, 0.1) is 6.92 Å². The van der Waals surface area contributed by atoms with Crippen LogP contribution in [0.2, 0.25) is 0 Å². The third-order valence-corrected chi connectivity index (χ3v) is 6.57. The van der Waals surface area contributed by atoms with Crippen LogP contribution in [0.1, 0.15) is 21.4 Å². The van der Waals surface area contributed by atoms with Gasteiger partial charge in [0.1, 0.15) is 0 Å². The number of likely N-dealkylation sites (N-methyl/N-ethyl adjacent to an activating group) is 1. The highest BCUT2D eigenvalue weighted by Crippen LogP contribution is 2.33. The molecule has 0 aliphatic carbocycles. The van der Waals surface area contributed by atoms with E-state index in [0.29, 0.717) is 6.04 Å². The summed E-state index contributed by atoms with van der Waals surface area (Å²) in [5, 5.41) is 5.53. The molecule has 0 saturated carbocycles. The maximum absolute atomic E-state index is 3.59. The molecule has 2 aromatic heterocycles. The summed E-state index contributed by atoms with van der Waals surface area (Å²) in [7, 11) is 2.02. The van der Waals surface area contributed by atoms with Crippen LogP contribution in [0.5, 0.6) is 0 Å². The van der Waals surface area contributed by atoms with E-state index in [1.54, 1.807) is 11.3 Å². The average molecular weight is 395 g/mol. The third-order valence-electron chi connectivity index (χ3n) is 2.60. The number of rotatable bonds is 4. The highest BCUT2D eigenvalue weighted by Gasteiger charge is 2.15. The molecular formula is C12H13Br2NS2. The van der Waals surface area contributed by atoms with Gasteiger partial charge in [0.25, 0.3) is 0 Å². The molecule has 0 aliphatic rings. The maximum Gasteiger partial charge on any atom is 0.0731 e. The minimum Gasteiger partial charge on any atom is -0.312 e. The smallest absolute Gasteiger partial charge is 0.0731 e. The average Bonchev–Trinajstić information content (AvgIpc) is 2.83. The van der Waals surface area contributed by atoms with Crippen molar-refractivity contribution in [3.63, 3.8) is 0 Å². The Morgan fingerprint density at radius 3 is 2.59 bits per heavy atom. The van der Waals surface area contributed by atoms with Gasteiger partial charge in [-0.1, -0.05) is 0 Å². The number of nitrogens with one attached hydrogen (secondary N) is 1. The Balaban J connectivity index is 2.16. The zero-order valence-corrected chi connectivity index (χ0v) is 14.4. The van der Waals surface area contributed by atoms with Crippen molar-refractivity contribution in [1.82, 2.24) is 5.32 Å². The van der Waals surface area contributed by atoms with Crippen LogP contribution in [-0.2, 0) is 6.42 Å². The van der Waals surface area contributed by atoms with Crippen LogP contribution in [-0.4, -0.2) is 7.05 Å². The van der Waals surface area contributed by atoms with E-state index in [4.69, 9.17) is 0 Å². The van der Waals surface area contributed by atoms with Gasteiger partial charge in [0, 0.05) is 32.1 Å². The van der Waals surface area contributed by atoms with Gasteiger partial charge in [0.2, 0.25) is 0 Å². The van der Waals surface area contributed by atoms with Crippen molar-refractivity contribution in [3.8, 4) is 0 Å². The van der Waals surface area contributed by atoms with Gasteiger partial charge in [-0.25, -0.2) is 0 Å². The zero-order chi connectivity index (χ0) is 12.4. The summed E-state index contributed by atoms with van der Waals surface area (Å²) in [6.07, 6.45) is 1.04. The number of halogens is 2. The molecule has 2 rings (SSSR count). The van der Waals surface area contributed by atoms with E-state index in [2.05, 4.69) is 61.6 Å². The van der Waals surface area contributed by atoms with Crippen molar-refractivity contribution in [1.29, 1.82) is 0 Å². The molecule has 0 saturated heterocycles. The summed E-state index contributed by atoms with van der Waals surface area (Å²) >= 11 is 10.7. The van der Waals surface area contributed by atoms with Crippen LogP contribution in [0.3, 0.4) is 0 Å². The number of hydrogen-bond acceptors (Lipinski definition) is 3. The summed E-state index contributed by atoms with van der Waals surface area (Å²) in [6, 6.07) is 4.86. The molecule has 5 heteroatoms. The minimum absolute atomic E-state index is 0.399. The fourth-order valence-corrected chi connectivity index (χ4v) is 4.84. The third kappa shape index (κ3) is 3.41. The predicted octanol–water partition coefficient (Wildman–Crippen LogP) is 5.15. The summed E-state index contributed by atoms with van der Waals surface area (Å²) in [4.78, 5) is 2.79. The molecule has 1 atom stereocenters. The fourth-order valence-electron chi connectivity index (χ4n) is 1.66. The topological polar surface area (TPSA) is 12.0 Å². The maximum atomic E-state index is 3.59. The van der Waals surface area contributed by atoms with Crippen molar-refractivity contribution in [2.75, 3.05) is 7.05 Å². The highest BCUT2D eigenvalue weighted by molar-refractivity contribution is 9.11. The number of hydrogen-bond donors (Lipinski definition) is 1. The molecule has 0 aromatic carbocycles. The summed E-state index contributed by atoms with van der Waals surface area (Å²) in [5.74, 6) is 0. The first kappa shape index (κ1) is 13.7. The van der Waals surface area contributed by atoms with Crippen LogP contribution >= 0.6 is 54.5 Å². The second kappa shape index (κ2) is 5.97. The Kier molecular flexibility index (Phi) is 4.83. The van der Waals surface area contributed by atoms with E-state index in [0.717, 1.165) is 6.42 Å². The van der Waals surface area contributed by atoms with E-state index in [-0.39, 0.29) is 0 Å². The first-order valence-corrected chi connectivity index (χ1v) is 8.54. The van der Waals surface area contributed by atoms with E-state index >= 15 is 0 Å². The Labute approximate surface area is 127 Å². The first-order valence-electron chi connectivity index (χ1n) is 5.26. The summed E-state index contributed by atoms with van der Waals surface area (Å²) in [6.45, 7) is 2.14.